The van der Waals surface area contributed by atoms with Gasteiger partial charge in [-0.3, -0.25) is 0 Å². The summed E-state index contributed by atoms with van der Waals surface area (Å²) in [5.41, 5.74) is 5.93. The summed E-state index contributed by atoms with van der Waals surface area (Å²) in [6, 6.07) is 4.88. The van der Waals surface area contributed by atoms with Gasteiger partial charge in [-0.1, -0.05) is 6.07 Å². The maximum Gasteiger partial charge on any atom is 0.131 e. The average molecular weight is 252 g/mol. The second-order valence-corrected chi connectivity index (χ2v) is 4.71. The zero-order valence-corrected chi connectivity index (χ0v) is 10.7. The minimum absolute atomic E-state index is 0.223. The molecule has 2 N–H and O–H groups in total. The molecule has 1 aromatic rings. The van der Waals surface area contributed by atoms with Crippen LogP contribution in [0.15, 0.2) is 18.2 Å². The monoisotopic (exact) mass is 252 g/mol. The Morgan fingerprint density at radius 3 is 2.72 bits per heavy atom. The number of benzene rings is 1. The molecule has 18 heavy (non-hydrogen) atoms. The van der Waals surface area contributed by atoms with E-state index in [1.54, 1.807) is 12.1 Å². The summed E-state index contributed by atoms with van der Waals surface area (Å²) in [4.78, 5) is 2.45. The Hall–Kier alpha value is -1.13. The Bertz CT molecular complexity index is 378. The first-order valence-corrected chi connectivity index (χ1v) is 6.63. The van der Waals surface area contributed by atoms with Crippen LogP contribution in [-0.2, 0) is 6.54 Å². The first-order valence-electron chi connectivity index (χ1n) is 6.63. The van der Waals surface area contributed by atoms with Crippen LogP contribution >= 0.6 is 0 Å². The molecule has 1 saturated heterocycles. The zero-order valence-electron chi connectivity index (χ0n) is 10.7. The van der Waals surface area contributed by atoms with Crippen molar-refractivity contribution in [3.05, 3.63) is 29.6 Å². The van der Waals surface area contributed by atoms with Crippen molar-refractivity contribution in [2.45, 2.75) is 25.8 Å². The van der Waals surface area contributed by atoms with Gasteiger partial charge >= 0.3 is 0 Å². The molecule has 1 aliphatic rings. The van der Waals surface area contributed by atoms with Gasteiger partial charge in [0.25, 0.3) is 0 Å². The van der Waals surface area contributed by atoms with Gasteiger partial charge in [-0.05, 0) is 38.4 Å². The van der Waals surface area contributed by atoms with Gasteiger partial charge in [0.1, 0.15) is 11.6 Å². The van der Waals surface area contributed by atoms with Crippen molar-refractivity contribution in [2.75, 3.05) is 26.2 Å². The fourth-order valence-corrected chi connectivity index (χ4v) is 2.27. The van der Waals surface area contributed by atoms with Crippen LogP contribution in [0.3, 0.4) is 0 Å². The molecular formula is C14H21FN2O. The maximum absolute atomic E-state index is 13.4. The minimum atomic E-state index is -0.283. The lowest BCUT2D eigenvalue weighted by atomic mass is 10.2. The molecule has 0 atom stereocenters. The molecule has 0 saturated carbocycles. The smallest absolute Gasteiger partial charge is 0.131 e. The lowest BCUT2D eigenvalue weighted by Crippen LogP contribution is -2.21. The van der Waals surface area contributed by atoms with Gasteiger partial charge in [0.2, 0.25) is 0 Å². The van der Waals surface area contributed by atoms with Gasteiger partial charge in [0, 0.05) is 24.7 Å². The summed E-state index contributed by atoms with van der Waals surface area (Å²) in [6.07, 6.45) is 3.61. The van der Waals surface area contributed by atoms with E-state index in [-0.39, 0.29) is 12.4 Å². The fraction of sp³-hybridized carbons (Fsp3) is 0.571. The van der Waals surface area contributed by atoms with Crippen LogP contribution in [-0.4, -0.2) is 31.1 Å². The average Bonchev–Trinajstić information content (AvgIpc) is 2.88. The molecule has 0 aliphatic carbocycles. The third-order valence-electron chi connectivity index (χ3n) is 3.33. The number of nitrogens with two attached hydrogens (primary N) is 1. The van der Waals surface area contributed by atoms with Crippen LogP contribution in [0.25, 0.3) is 0 Å². The van der Waals surface area contributed by atoms with Gasteiger partial charge in [0.15, 0.2) is 0 Å². The van der Waals surface area contributed by atoms with E-state index in [2.05, 4.69) is 4.90 Å². The van der Waals surface area contributed by atoms with E-state index < -0.39 is 0 Å². The summed E-state index contributed by atoms with van der Waals surface area (Å²) >= 11 is 0. The van der Waals surface area contributed by atoms with Crippen LogP contribution in [0, 0.1) is 5.82 Å². The van der Waals surface area contributed by atoms with E-state index in [0.29, 0.717) is 17.9 Å². The lowest BCUT2D eigenvalue weighted by molar-refractivity contribution is 0.262. The van der Waals surface area contributed by atoms with Crippen LogP contribution in [0.4, 0.5) is 4.39 Å². The lowest BCUT2D eigenvalue weighted by Gasteiger charge is -2.14. The molecule has 1 aliphatic heterocycles. The van der Waals surface area contributed by atoms with E-state index in [1.165, 1.54) is 32.0 Å². The molecule has 0 aromatic heterocycles. The highest BCUT2D eigenvalue weighted by Crippen LogP contribution is 2.16. The van der Waals surface area contributed by atoms with E-state index in [9.17, 15) is 4.39 Å². The molecule has 0 radical (unpaired) electrons. The Morgan fingerprint density at radius 1 is 1.28 bits per heavy atom. The number of nitrogens with zero attached hydrogens (tertiary/aromatic N) is 1. The van der Waals surface area contributed by atoms with Crippen molar-refractivity contribution in [3.8, 4) is 5.75 Å². The van der Waals surface area contributed by atoms with Gasteiger partial charge in [-0.2, -0.15) is 0 Å². The van der Waals surface area contributed by atoms with Crippen LogP contribution in [0.5, 0.6) is 5.75 Å². The normalized spacial score (nSPS) is 16.1. The summed E-state index contributed by atoms with van der Waals surface area (Å²) in [5.74, 6) is 0.306. The van der Waals surface area contributed by atoms with Crippen molar-refractivity contribution >= 4 is 0 Å². The van der Waals surface area contributed by atoms with Crippen molar-refractivity contribution in [2.24, 2.45) is 5.73 Å². The first kappa shape index (κ1) is 13.3. The molecule has 0 spiro atoms. The number of likely N-dealkylation sites (tertiary alicyclic amines) is 1. The molecular weight excluding hydrogens is 231 g/mol. The third-order valence-corrected chi connectivity index (χ3v) is 3.33. The van der Waals surface area contributed by atoms with E-state index in [1.807, 2.05) is 0 Å². The van der Waals surface area contributed by atoms with Crippen molar-refractivity contribution in [1.29, 1.82) is 0 Å². The van der Waals surface area contributed by atoms with Crippen molar-refractivity contribution in [3.63, 3.8) is 0 Å². The standard InChI is InChI=1S/C14H21FN2O/c15-14-10-13(5-4-12(14)11-16)18-9-3-8-17-6-1-2-7-17/h4-5,10H,1-3,6-9,11,16H2. The quantitative estimate of drug-likeness (QED) is 0.788. The largest absolute Gasteiger partial charge is 0.493 e. The molecule has 0 unspecified atom stereocenters. The summed E-state index contributed by atoms with van der Waals surface area (Å²) < 4.78 is 19.0. The highest BCUT2D eigenvalue weighted by atomic mass is 19.1. The maximum atomic E-state index is 13.4. The number of halogens is 1. The minimum Gasteiger partial charge on any atom is -0.493 e. The molecule has 1 aromatic carbocycles. The zero-order chi connectivity index (χ0) is 12.8. The summed E-state index contributed by atoms with van der Waals surface area (Å²) in [7, 11) is 0. The Balaban J connectivity index is 1.71. The SMILES string of the molecule is NCc1ccc(OCCCN2CCCC2)cc1F. The van der Waals surface area contributed by atoms with E-state index >= 15 is 0 Å². The predicted octanol–water partition coefficient (Wildman–Crippen LogP) is 2.15. The summed E-state index contributed by atoms with van der Waals surface area (Å²) in [5, 5.41) is 0. The molecule has 1 fully saturated rings. The van der Waals surface area contributed by atoms with Crippen LogP contribution < -0.4 is 10.5 Å². The van der Waals surface area contributed by atoms with Crippen LogP contribution in [0.2, 0.25) is 0 Å². The predicted molar refractivity (Wildman–Crippen MR) is 70.1 cm³/mol. The molecule has 1 heterocycles. The fourth-order valence-electron chi connectivity index (χ4n) is 2.27. The molecule has 0 bridgehead atoms. The Kier molecular flexibility index (Phi) is 4.96. The van der Waals surface area contributed by atoms with E-state index in [4.69, 9.17) is 10.5 Å². The van der Waals surface area contributed by atoms with Crippen molar-refractivity contribution in [1.82, 2.24) is 4.90 Å². The molecule has 4 heteroatoms. The molecule has 2 rings (SSSR count). The van der Waals surface area contributed by atoms with Gasteiger partial charge in [-0.25, -0.2) is 4.39 Å². The van der Waals surface area contributed by atoms with Gasteiger partial charge in [0.05, 0.1) is 6.61 Å². The Morgan fingerprint density at radius 2 is 2.06 bits per heavy atom. The number of hydrogen-bond donors (Lipinski definition) is 1. The number of rotatable bonds is 6. The number of hydrogen-bond acceptors (Lipinski definition) is 3. The van der Waals surface area contributed by atoms with Gasteiger partial charge < -0.3 is 15.4 Å². The molecule has 0 amide bonds. The van der Waals surface area contributed by atoms with Crippen LogP contribution in [0.1, 0.15) is 24.8 Å². The first-order chi connectivity index (χ1) is 8.79. The second-order valence-electron chi connectivity index (χ2n) is 4.71. The Labute approximate surface area is 108 Å². The van der Waals surface area contributed by atoms with E-state index in [0.717, 1.165) is 13.0 Å². The third kappa shape index (κ3) is 3.68. The molecule has 100 valence electrons. The van der Waals surface area contributed by atoms with Gasteiger partial charge in [-0.15, -0.1) is 0 Å². The second kappa shape index (κ2) is 6.71. The number of ether oxygens (including phenoxy) is 1. The highest BCUT2D eigenvalue weighted by molar-refractivity contribution is 5.28. The summed E-state index contributed by atoms with van der Waals surface area (Å²) in [6.45, 7) is 4.35. The molecule has 3 nitrogen and oxygen atoms in total. The topological polar surface area (TPSA) is 38.5 Å². The van der Waals surface area contributed by atoms with Crippen molar-refractivity contribution < 1.29 is 9.13 Å². The highest BCUT2D eigenvalue weighted by Gasteiger charge is 2.10.